The van der Waals surface area contributed by atoms with Crippen LogP contribution >= 0.6 is 15.9 Å². The van der Waals surface area contributed by atoms with Gasteiger partial charge in [0.1, 0.15) is 0 Å². The number of hydrogen-bond acceptors (Lipinski definition) is 1. The highest BCUT2D eigenvalue weighted by atomic mass is 79.9. The summed E-state index contributed by atoms with van der Waals surface area (Å²) >= 11 is 3.22. The molecule has 0 aliphatic heterocycles. The van der Waals surface area contributed by atoms with Gasteiger partial charge in [0.15, 0.2) is 0 Å². The average molecular weight is 250 g/mol. The number of amides is 1. The first-order valence-electron chi connectivity index (χ1n) is 5.10. The van der Waals surface area contributed by atoms with E-state index >= 15 is 0 Å². The van der Waals surface area contributed by atoms with Crippen molar-refractivity contribution in [1.82, 2.24) is 5.32 Å². The molecule has 0 aliphatic carbocycles. The molecule has 3 heteroatoms. The van der Waals surface area contributed by atoms with E-state index < -0.39 is 0 Å². The van der Waals surface area contributed by atoms with Gasteiger partial charge in [-0.3, -0.25) is 4.79 Å². The molecule has 1 amide bonds. The number of alkyl halides is 1. The van der Waals surface area contributed by atoms with Gasteiger partial charge in [-0.1, -0.05) is 48.5 Å². The standard InChI is InChI=1S/C10H20BrNO/c1-3-4-5-6-7-8-12-10(13)9(2)11/h9H,3-8H2,1-2H3,(H,12,13)/t9-/m1/s1. The van der Waals surface area contributed by atoms with Crippen molar-refractivity contribution < 1.29 is 4.79 Å². The lowest BCUT2D eigenvalue weighted by Gasteiger charge is -2.05. The third kappa shape index (κ3) is 8.28. The quantitative estimate of drug-likeness (QED) is 0.546. The molecule has 0 bridgehead atoms. The summed E-state index contributed by atoms with van der Waals surface area (Å²) in [5.41, 5.74) is 0. The van der Waals surface area contributed by atoms with Crippen LogP contribution in [0.3, 0.4) is 0 Å². The van der Waals surface area contributed by atoms with Crippen molar-refractivity contribution in [3.05, 3.63) is 0 Å². The van der Waals surface area contributed by atoms with E-state index in [4.69, 9.17) is 0 Å². The van der Waals surface area contributed by atoms with E-state index in [9.17, 15) is 4.79 Å². The third-order valence-corrected chi connectivity index (χ3v) is 2.36. The first-order chi connectivity index (χ1) is 6.18. The van der Waals surface area contributed by atoms with Crippen LogP contribution in [0, 0.1) is 0 Å². The van der Waals surface area contributed by atoms with Crippen LogP contribution in [0.2, 0.25) is 0 Å². The largest absolute Gasteiger partial charge is 0.355 e. The third-order valence-electron chi connectivity index (χ3n) is 1.94. The second-order valence-electron chi connectivity index (χ2n) is 3.32. The Labute approximate surface area is 89.6 Å². The summed E-state index contributed by atoms with van der Waals surface area (Å²) in [5.74, 6) is 0.0930. The van der Waals surface area contributed by atoms with Gasteiger partial charge in [-0.25, -0.2) is 0 Å². The topological polar surface area (TPSA) is 29.1 Å². The van der Waals surface area contributed by atoms with Crippen LogP contribution in [-0.2, 0) is 4.79 Å². The van der Waals surface area contributed by atoms with Crippen molar-refractivity contribution in [1.29, 1.82) is 0 Å². The highest BCUT2D eigenvalue weighted by molar-refractivity contribution is 9.10. The first kappa shape index (κ1) is 12.9. The van der Waals surface area contributed by atoms with Crippen LogP contribution in [0.15, 0.2) is 0 Å². The van der Waals surface area contributed by atoms with E-state index in [0.717, 1.165) is 13.0 Å². The number of carbonyl (C=O) groups excluding carboxylic acids is 1. The smallest absolute Gasteiger partial charge is 0.233 e. The molecule has 0 aromatic rings. The van der Waals surface area contributed by atoms with E-state index in [1.54, 1.807) is 0 Å². The van der Waals surface area contributed by atoms with Crippen molar-refractivity contribution in [2.75, 3.05) is 6.54 Å². The number of halogens is 1. The van der Waals surface area contributed by atoms with Gasteiger partial charge in [-0.05, 0) is 13.3 Å². The number of carbonyl (C=O) groups is 1. The highest BCUT2D eigenvalue weighted by Crippen LogP contribution is 2.01. The van der Waals surface area contributed by atoms with Gasteiger partial charge in [-0.15, -0.1) is 0 Å². The number of hydrogen-bond donors (Lipinski definition) is 1. The van der Waals surface area contributed by atoms with E-state index in [1.807, 2.05) is 6.92 Å². The van der Waals surface area contributed by atoms with Gasteiger partial charge < -0.3 is 5.32 Å². The zero-order valence-electron chi connectivity index (χ0n) is 8.61. The average Bonchev–Trinajstić information content (AvgIpc) is 2.10. The predicted octanol–water partition coefficient (Wildman–Crippen LogP) is 2.86. The maximum absolute atomic E-state index is 11.1. The van der Waals surface area contributed by atoms with Crippen LogP contribution < -0.4 is 5.32 Å². The van der Waals surface area contributed by atoms with Gasteiger partial charge in [0.25, 0.3) is 0 Å². The summed E-state index contributed by atoms with van der Waals surface area (Å²) in [6, 6.07) is 0. The van der Waals surface area contributed by atoms with Crippen LogP contribution in [0.4, 0.5) is 0 Å². The van der Waals surface area contributed by atoms with Gasteiger partial charge in [0, 0.05) is 6.54 Å². The summed E-state index contributed by atoms with van der Waals surface area (Å²) in [7, 11) is 0. The van der Waals surface area contributed by atoms with Crippen LogP contribution in [0.25, 0.3) is 0 Å². The molecular formula is C10H20BrNO. The molecule has 1 atom stereocenters. The number of rotatable bonds is 7. The fourth-order valence-electron chi connectivity index (χ4n) is 1.08. The van der Waals surface area contributed by atoms with Gasteiger partial charge in [0.05, 0.1) is 4.83 Å². The molecular weight excluding hydrogens is 230 g/mol. The summed E-state index contributed by atoms with van der Waals surface area (Å²) in [5, 5.41) is 2.87. The van der Waals surface area contributed by atoms with Crippen molar-refractivity contribution in [3.63, 3.8) is 0 Å². The van der Waals surface area contributed by atoms with E-state index in [-0.39, 0.29) is 10.7 Å². The van der Waals surface area contributed by atoms with Crippen molar-refractivity contribution in [3.8, 4) is 0 Å². The maximum Gasteiger partial charge on any atom is 0.233 e. The Kier molecular flexibility index (Phi) is 8.51. The zero-order chi connectivity index (χ0) is 10.1. The summed E-state index contributed by atoms with van der Waals surface area (Å²) < 4.78 is 0. The van der Waals surface area contributed by atoms with Crippen LogP contribution in [0.1, 0.15) is 46.0 Å². The molecule has 0 heterocycles. The van der Waals surface area contributed by atoms with Crippen molar-refractivity contribution in [2.24, 2.45) is 0 Å². The zero-order valence-corrected chi connectivity index (χ0v) is 10.2. The fourth-order valence-corrected chi connectivity index (χ4v) is 1.24. The Morgan fingerprint density at radius 3 is 2.46 bits per heavy atom. The normalized spacial score (nSPS) is 12.5. The maximum atomic E-state index is 11.1. The monoisotopic (exact) mass is 249 g/mol. The minimum atomic E-state index is -0.0665. The second kappa shape index (κ2) is 8.54. The molecule has 0 fully saturated rings. The second-order valence-corrected chi connectivity index (χ2v) is 4.69. The Hall–Kier alpha value is -0.0500. The van der Waals surface area contributed by atoms with E-state index in [0.29, 0.717) is 0 Å². The van der Waals surface area contributed by atoms with E-state index in [2.05, 4.69) is 28.2 Å². The minimum absolute atomic E-state index is 0.0665. The summed E-state index contributed by atoms with van der Waals surface area (Å²) in [4.78, 5) is 11.0. The molecule has 0 saturated carbocycles. The minimum Gasteiger partial charge on any atom is -0.355 e. The Morgan fingerprint density at radius 2 is 1.92 bits per heavy atom. The SMILES string of the molecule is CCCCCCCNC(=O)[C@@H](C)Br. The molecule has 0 rings (SSSR count). The molecule has 78 valence electrons. The van der Waals surface area contributed by atoms with Gasteiger partial charge in [0.2, 0.25) is 5.91 Å². The molecule has 0 radical (unpaired) electrons. The van der Waals surface area contributed by atoms with Gasteiger partial charge in [-0.2, -0.15) is 0 Å². The lowest BCUT2D eigenvalue weighted by Crippen LogP contribution is -2.30. The highest BCUT2D eigenvalue weighted by Gasteiger charge is 2.05. The summed E-state index contributed by atoms with van der Waals surface area (Å²) in [6.07, 6.45) is 6.19. The Morgan fingerprint density at radius 1 is 1.31 bits per heavy atom. The van der Waals surface area contributed by atoms with Crippen molar-refractivity contribution in [2.45, 2.75) is 50.8 Å². The van der Waals surface area contributed by atoms with Crippen LogP contribution in [0.5, 0.6) is 0 Å². The van der Waals surface area contributed by atoms with E-state index in [1.165, 1.54) is 25.7 Å². The lowest BCUT2D eigenvalue weighted by atomic mass is 10.1. The molecule has 13 heavy (non-hydrogen) atoms. The number of nitrogens with one attached hydrogen (secondary N) is 1. The predicted molar refractivity (Wildman–Crippen MR) is 60.2 cm³/mol. The molecule has 0 unspecified atom stereocenters. The van der Waals surface area contributed by atoms with Gasteiger partial charge >= 0.3 is 0 Å². The van der Waals surface area contributed by atoms with Crippen LogP contribution in [-0.4, -0.2) is 17.3 Å². The molecule has 0 aromatic carbocycles. The first-order valence-corrected chi connectivity index (χ1v) is 6.01. The number of unbranched alkanes of at least 4 members (excludes halogenated alkanes) is 4. The molecule has 2 nitrogen and oxygen atoms in total. The molecule has 1 N–H and O–H groups in total. The Bertz CT molecular complexity index is 137. The molecule has 0 aliphatic rings. The molecule has 0 spiro atoms. The lowest BCUT2D eigenvalue weighted by molar-refractivity contribution is -0.120. The fraction of sp³-hybridized carbons (Fsp3) is 0.900. The summed E-state index contributed by atoms with van der Waals surface area (Å²) in [6.45, 7) is 4.86. The molecule has 0 saturated heterocycles. The van der Waals surface area contributed by atoms with Crippen molar-refractivity contribution >= 4 is 21.8 Å². The molecule has 0 aromatic heterocycles. The Balaban J connectivity index is 3.12.